The summed E-state index contributed by atoms with van der Waals surface area (Å²) in [5, 5.41) is 0.532. The molecule has 0 aromatic carbocycles. The van der Waals surface area contributed by atoms with Crippen LogP contribution in [0.15, 0.2) is 12.4 Å². The summed E-state index contributed by atoms with van der Waals surface area (Å²) in [6.07, 6.45) is 0.0172. The Hall–Kier alpha value is -1.61. The zero-order chi connectivity index (χ0) is 15.7. The molecule has 1 aliphatic heterocycles. The number of piperidine rings is 1. The Kier molecular flexibility index (Phi) is 4.09. The Balaban J connectivity index is 1.66. The summed E-state index contributed by atoms with van der Waals surface area (Å²) in [7, 11) is 0. The van der Waals surface area contributed by atoms with Crippen LogP contribution >= 0.6 is 11.3 Å². The highest BCUT2D eigenvalue weighted by Gasteiger charge is 2.34. The average Bonchev–Trinajstić information content (AvgIpc) is 3.08. The van der Waals surface area contributed by atoms with Crippen molar-refractivity contribution in [3.63, 3.8) is 0 Å². The molecule has 0 amide bonds. The maximum absolute atomic E-state index is 12.6. The van der Waals surface area contributed by atoms with Crippen molar-refractivity contribution in [1.82, 2.24) is 19.9 Å². The van der Waals surface area contributed by atoms with Crippen molar-refractivity contribution >= 4 is 16.5 Å². The predicted molar refractivity (Wildman–Crippen MR) is 77.4 cm³/mol. The van der Waals surface area contributed by atoms with Gasteiger partial charge >= 0.3 is 6.18 Å². The number of aromatic amines is 1. The fourth-order valence-corrected chi connectivity index (χ4v) is 3.45. The number of alkyl halides is 3. The largest absolute Gasteiger partial charge is 0.432 e. The van der Waals surface area contributed by atoms with Crippen LogP contribution in [0.5, 0.6) is 0 Å². The molecule has 9 heteroatoms. The van der Waals surface area contributed by atoms with Gasteiger partial charge in [0.05, 0.1) is 6.20 Å². The normalized spacial score (nSPS) is 20.4. The molecule has 2 aromatic rings. The smallest absolute Gasteiger partial charge is 0.375 e. The van der Waals surface area contributed by atoms with Crippen molar-refractivity contribution in [1.29, 1.82) is 0 Å². The maximum atomic E-state index is 12.6. The van der Waals surface area contributed by atoms with Crippen LogP contribution in [0.3, 0.4) is 0 Å². The van der Waals surface area contributed by atoms with Crippen molar-refractivity contribution in [2.75, 3.05) is 18.8 Å². The van der Waals surface area contributed by atoms with Crippen molar-refractivity contribution in [2.45, 2.75) is 31.5 Å². The van der Waals surface area contributed by atoms with Gasteiger partial charge in [-0.3, -0.25) is 4.90 Å². The molecule has 1 fully saturated rings. The summed E-state index contributed by atoms with van der Waals surface area (Å²) in [6.45, 7) is 2.32. The van der Waals surface area contributed by atoms with E-state index in [4.69, 9.17) is 5.73 Å². The first-order valence-electron chi connectivity index (χ1n) is 6.96. The van der Waals surface area contributed by atoms with Gasteiger partial charge in [-0.1, -0.05) is 0 Å². The van der Waals surface area contributed by atoms with Crippen molar-refractivity contribution in [2.24, 2.45) is 0 Å². The number of hydrogen-bond acceptors (Lipinski definition) is 5. The standard InChI is InChI=1S/C13H16F3N5S/c14-13(15,16)10-5-18-11(20-10)8-2-1-3-21(6-8)7-9-4-19-12(17)22-9/h4-5,8H,1-3,6-7H2,(H2,17,19)(H,18,20). The minimum atomic E-state index is -4.38. The van der Waals surface area contributed by atoms with Crippen molar-refractivity contribution in [3.8, 4) is 0 Å². The zero-order valence-electron chi connectivity index (χ0n) is 11.7. The highest BCUT2D eigenvalue weighted by molar-refractivity contribution is 7.15. The van der Waals surface area contributed by atoms with Gasteiger partial charge in [-0.25, -0.2) is 9.97 Å². The number of rotatable bonds is 3. The number of H-pyrrole nitrogens is 1. The first-order chi connectivity index (χ1) is 10.4. The second-order valence-corrected chi connectivity index (χ2v) is 6.57. The molecular formula is C13H16F3N5S. The molecule has 0 spiro atoms. The molecule has 3 heterocycles. The molecule has 3 rings (SSSR count). The van der Waals surface area contributed by atoms with E-state index >= 15 is 0 Å². The van der Waals surface area contributed by atoms with Gasteiger partial charge in [-0.15, -0.1) is 11.3 Å². The molecule has 5 nitrogen and oxygen atoms in total. The molecule has 1 saturated heterocycles. The lowest BCUT2D eigenvalue weighted by atomic mass is 9.97. The second-order valence-electron chi connectivity index (χ2n) is 5.42. The lowest BCUT2D eigenvalue weighted by Gasteiger charge is -2.31. The molecular weight excluding hydrogens is 315 g/mol. The molecule has 0 radical (unpaired) electrons. The molecule has 1 atom stereocenters. The number of nitrogens with zero attached hydrogens (tertiary/aromatic N) is 3. The minimum absolute atomic E-state index is 0.00452. The molecule has 3 N–H and O–H groups in total. The predicted octanol–water partition coefficient (Wildman–Crippen LogP) is 2.85. The van der Waals surface area contributed by atoms with E-state index < -0.39 is 11.9 Å². The molecule has 0 aliphatic carbocycles. The van der Waals surface area contributed by atoms with E-state index in [1.54, 1.807) is 6.20 Å². The number of nitrogens with one attached hydrogen (secondary N) is 1. The van der Waals surface area contributed by atoms with Gasteiger partial charge in [0.25, 0.3) is 0 Å². The number of halogens is 3. The van der Waals surface area contributed by atoms with Crippen LogP contribution in [0.1, 0.15) is 35.2 Å². The molecule has 22 heavy (non-hydrogen) atoms. The van der Waals surface area contributed by atoms with Gasteiger partial charge in [-0.05, 0) is 19.4 Å². The lowest BCUT2D eigenvalue weighted by Crippen LogP contribution is -2.34. The van der Waals surface area contributed by atoms with E-state index in [0.717, 1.165) is 37.0 Å². The van der Waals surface area contributed by atoms with E-state index in [-0.39, 0.29) is 5.92 Å². The number of imidazole rings is 1. The summed E-state index contributed by atoms with van der Waals surface area (Å²) in [5.74, 6) is 0.413. The Morgan fingerprint density at radius 1 is 1.36 bits per heavy atom. The van der Waals surface area contributed by atoms with Crippen LogP contribution < -0.4 is 5.73 Å². The van der Waals surface area contributed by atoms with Crippen molar-refractivity contribution < 1.29 is 13.2 Å². The van der Waals surface area contributed by atoms with Crippen LogP contribution in [-0.2, 0) is 12.7 Å². The number of anilines is 1. The second kappa shape index (κ2) is 5.88. The molecule has 0 saturated carbocycles. The summed E-state index contributed by atoms with van der Waals surface area (Å²) < 4.78 is 37.9. The van der Waals surface area contributed by atoms with Gasteiger partial charge in [0, 0.05) is 30.1 Å². The maximum Gasteiger partial charge on any atom is 0.432 e. The quantitative estimate of drug-likeness (QED) is 0.907. The molecule has 2 aromatic heterocycles. The van der Waals surface area contributed by atoms with E-state index in [0.29, 0.717) is 17.5 Å². The number of likely N-dealkylation sites (tertiary alicyclic amines) is 1. The Morgan fingerprint density at radius 2 is 2.18 bits per heavy atom. The zero-order valence-corrected chi connectivity index (χ0v) is 12.5. The topological polar surface area (TPSA) is 70.8 Å². The summed E-state index contributed by atoms with van der Waals surface area (Å²) >= 11 is 1.44. The van der Waals surface area contributed by atoms with Crippen LogP contribution in [0.25, 0.3) is 0 Å². The molecule has 120 valence electrons. The fourth-order valence-electron chi connectivity index (χ4n) is 2.73. The third kappa shape index (κ3) is 3.41. The first-order valence-corrected chi connectivity index (χ1v) is 7.78. The van der Waals surface area contributed by atoms with Crippen molar-refractivity contribution in [3.05, 3.63) is 28.8 Å². The van der Waals surface area contributed by atoms with E-state index in [9.17, 15) is 13.2 Å². The fraction of sp³-hybridized carbons (Fsp3) is 0.538. The van der Waals surface area contributed by atoms with Gasteiger partial charge in [-0.2, -0.15) is 13.2 Å². The third-order valence-corrected chi connectivity index (χ3v) is 4.56. The monoisotopic (exact) mass is 331 g/mol. The van der Waals surface area contributed by atoms with Gasteiger partial charge < -0.3 is 10.7 Å². The molecule has 1 aliphatic rings. The van der Waals surface area contributed by atoms with E-state index in [2.05, 4.69) is 19.9 Å². The Labute approximate surface area is 129 Å². The van der Waals surface area contributed by atoms with Gasteiger partial charge in [0.15, 0.2) is 5.13 Å². The van der Waals surface area contributed by atoms with E-state index in [1.807, 2.05) is 0 Å². The Bertz CT molecular complexity index is 636. The molecule has 1 unspecified atom stereocenters. The first kappa shape index (κ1) is 15.3. The number of aromatic nitrogens is 3. The molecule has 0 bridgehead atoms. The number of nitrogen functional groups attached to an aromatic ring is 1. The SMILES string of the molecule is Nc1ncc(CN2CCCC(c3ncc(C(F)(F)F)[nH]3)C2)s1. The highest BCUT2D eigenvalue weighted by Crippen LogP contribution is 2.31. The summed E-state index contributed by atoms with van der Waals surface area (Å²) in [5.41, 5.74) is 4.83. The van der Waals surface area contributed by atoms with Crippen LogP contribution in [-0.4, -0.2) is 32.9 Å². The average molecular weight is 331 g/mol. The number of thiazole rings is 1. The third-order valence-electron chi connectivity index (χ3n) is 3.74. The number of hydrogen-bond donors (Lipinski definition) is 2. The van der Waals surface area contributed by atoms with Crippen LogP contribution in [0, 0.1) is 0 Å². The minimum Gasteiger partial charge on any atom is -0.375 e. The summed E-state index contributed by atoms with van der Waals surface area (Å²) in [6, 6.07) is 0. The lowest BCUT2D eigenvalue weighted by molar-refractivity contribution is -0.141. The highest BCUT2D eigenvalue weighted by atomic mass is 32.1. The van der Waals surface area contributed by atoms with Crippen LogP contribution in [0.4, 0.5) is 18.3 Å². The van der Waals surface area contributed by atoms with Gasteiger partial charge in [0.1, 0.15) is 11.5 Å². The Morgan fingerprint density at radius 3 is 2.82 bits per heavy atom. The number of nitrogens with two attached hydrogens (primary N) is 1. The summed E-state index contributed by atoms with van der Waals surface area (Å²) in [4.78, 5) is 13.6. The van der Waals surface area contributed by atoms with Gasteiger partial charge in [0.2, 0.25) is 0 Å². The van der Waals surface area contributed by atoms with Crippen LogP contribution in [0.2, 0.25) is 0 Å². The van der Waals surface area contributed by atoms with E-state index in [1.165, 1.54) is 11.3 Å².